The summed E-state index contributed by atoms with van der Waals surface area (Å²) in [5.74, 6) is -2.22. The van der Waals surface area contributed by atoms with Crippen LogP contribution >= 0.6 is 0 Å². The highest BCUT2D eigenvalue weighted by Gasteiger charge is 2.67. The Balaban J connectivity index is 1.37. The van der Waals surface area contributed by atoms with E-state index in [1.807, 2.05) is 24.3 Å². The number of nitrogens with zero attached hydrogens (tertiary/aromatic N) is 4. The predicted octanol–water partition coefficient (Wildman–Crippen LogP) is 4.46. The Morgan fingerprint density at radius 2 is 1.72 bits per heavy atom. The largest absolute Gasteiger partial charge is 0.477 e. The highest BCUT2D eigenvalue weighted by atomic mass is 32.2. The van der Waals surface area contributed by atoms with Crippen molar-refractivity contribution in [3.8, 4) is 0 Å². The summed E-state index contributed by atoms with van der Waals surface area (Å²) in [7, 11) is -3.05. The number of aryl methyl sites for hydroxylation is 2. The van der Waals surface area contributed by atoms with E-state index in [0.717, 1.165) is 11.1 Å². The molecule has 7 rings (SSSR count). The standard InChI is InChI=1S/C33H26N4O8S/c1-19-7-13-22(14-8-19)46(44,45)36-28(31(39)40)15-23-24(18-34(2)30(38)29(23)36)26-16-33(26)25-5-3-4-6-27(25)35(32(33)41)17-20-9-11-21(12-10-20)37(42)43/h3-15,18,26H,16-17H2,1-2H3,(H,39,40)/t26-,33-/m0/s1. The van der Waals surface area contributed by atoms with E-state index in [1.165, 1.54) is 41.9 Å². The molecule has 5 aromatic rings. The van der Waals surface area contributed by atoms with Gasteiger partial charge in [-0.2, -0.15) is 0 Å². The van der Waals surface area contributed by atoms with Crippen LogP contribution in [0.3, 0.4) is 0 Å². The Hall–Kier alpha value is -5.56. The third kappa shape index (κ3) is 4.11. The Kier molecular flexibility index (Phi) is 6.32. The van der Waals surface area contributed by atoms with Crippen molar-refractivity contribution in [2.24, 2.45) is 7.05 Å². The molecule has 46 heavy (non-hydrogen) atoms. The van der Waals surface area contributed by atoms with Crippen molar-refractivity contribution in [3.63, 3.8) is 0 Å². The van der Waals surface area contributed by atoms with Crippen molar-refractivity contribution in [1.82, 2.24) is 8.54 Å². The van der Waals surface area contributed by atoms with E-state index >= 15 is 0 Å². The molecule has 3 aromatic carbocycles. The fraction of sp³-hybridized carbons (Fsp3) is 0.182. The number of benzene rings is 3. The molecule has 1 amide bonds. The molecule has 1 aliphatic carbocycles. The number of aromatic nitrogens is 2. The first-order chi connectivity index (χ1) is 21.9. The van der Waals surface area contributed by atoms with Crippen molar-refractivity contribution < 1.29 is 28.0 Å². The zero-order chi connectivity index (χ0) is 32.7. The highest BCUT2D eigenvalue weighted by molar-refractivity contribution is 7.90. The number of non-ortho nitro benzene ring substituents is 1. The highest BCUT2D eigenvalue weighted by Crippen LogP contribution is 2.67. The fourth-order valence-electron chi connectivity index (χ4n) is 6.70. The van der Waals surface area contributed by atoms with Crippen molar-refractivity contribution in [2.75, 3.05) is 4.90 Å². The van der Waals surface area contributed by atoms with Crippen LogP contribution in [-0.2, 0) is 33.8 Å². The van der Waals surface area contributed by atoms with Crippen molar-refractivity contribution in [1.29, 1.82) is 0 Å². The van der Waals surface area contributed by atoms with Crippen molar-refractivity contribution >= 4 is 44.2 Å². The summed E-state index contributed by atoms with van der Waals surface area (Å²) < 4.78 is 29.6. The molecule has 2 aromatic heterocycles. The zero-order valence-corrected chi connectivity index (χ0v) is 25.4. The number of nitro groups is 1. The van der Waals surface area contributed by atoms with Crippen molar-refractivity contribution in [3.05, 3.63) is 133 Å². The van der Waals surface area contributed by atoms with Crippen LogP contribution < -0.4 is 10.5 Å². The van der Waals surface area contributed by atoms with Crippen LogP contribution in [0.4, 0.5) is 11.4 Å². The number of nitro benzene ring substituents is 1. The number of pyridine rings is 1. The molecule has 0 radical (unpaired) electrons. The Labute approximate surface area is 261 Å². The molecule has 1 saturated carbocycles. The number of fused-ring (bicyclic) bond motifs is 3. The van der Waals surface area contributed by atoms with Gasteiger partial charge in [0.1, 0.15) is 11.2 Å². The van der Waals surface area contributed by atoms with Crippen LogP contribution in [-0.4, -0.2) is 38.9 Å². The van der Waals surface area contributed by atoms with Gasteiger partial charge >= 0.3 is 5.97 Å². The number of hydrogen-bond acceptors (Lipinski definition) is 7. The molecule has 0 bridgehead atoms. The summed E-state index contributed by atoms with van der Waals surface area (Å²) in [6, 6.07) is 20.4. The summed E-state index contributed by atoms with van der Waals surface area (Å²) in [6.45, 7) is 1.95. The number of aromatic carboxylic acids is 1. The second kappa shape index (κ2) is 9.97. The number of carbonyl (C=O) groups excluding carboxylic acids is 1. The number of carboxylic acid groups (broad SMARTS) is 1. The third-order valence-electron chi connectivity index (χ3n) is 9.03. The minimum Gasteiger partial charge on any atom is -0.477 e. The Morgan fingerprint density at radius 3 is 2.37 bits per heavy atom. The summed E-state index contributed by atoms with van der Waals surface area (Å²) >= 11 is 0. The molecule has 12 nitrogen and oxygen atoms in total. The lowest BCUT2D eigenvalue weighted by atomic mass is 9.91. The van der Waals surface area contributed by atoms with Gasteiger partial charge in [-0.05, 0) is 54.3 Å². The molecule has 232 valence electrons. The molecule has 0 saturated heterocycles. The lowest BCUT2D eigenvalue weighted by Gasteiger charge is -2.18. The van der Waals surface area contributed by atoms with Crippen LogP contribution in [0.1, 0.15) is 45.1 Å². The second-order valence-electron chi connectivity index (χ2n) is 11.7. The molecular weight excluding hydrogens is 612 g/mol. The summed E-state index contributed by atoms with van der Waals surface area (Å²) in [5, 5.41) is 21.4. The molecule has 1 aliphatic heterocycles. The number of rotatable bonds is 7. The van der Waals surface area contributed by atoms with Crippen LogP contribution in [0.5, 0.6) is 0 Å². The van der Waals surface area contributed by atoms with E-state index in [0.29, 0.717) is 27.2 Å². The fourth-order valence-corrected chi connectivity index (χ4v) is 8.20. The first kappa shape index (κ1) is 29.2. The summed E-state index contributed by atoms with van der Waals surface area (Å²) in [6.07, 6.45) is 1.90. The zero-order valence-electron chi connectivity index (χ0n) is 24.6. The second-order valence-corrected chi connectivity index (χ2v) is 13.5. The number of anilines is 1. The lowest BCUT2D eigenvalue weighted by Crippen LogP contribution is -2.32. The smallest absolute Gasteiger partial charge is 0.353 e. The maximum absolute atomic E-state index is 14.3. The summed E-state index contributed by atoms with van der Waals surface area (Å²) in [5.41, 5.74) is 0.739. The molecule has 1 spiro atoms. The van der Waals surface area contributed by atoms with Gasteiger partial charge < -0.3 is 14.6 Å². The van der Waals surface area contributed by atoms with E-state index < -0.39 is 43.5 Å². The topological polar surface area (TPSA) is 162 Å². The quantitative estimate of drug-likeness (QED) is 0.202. The molecule has 13 heteroatoms. The van der Waals surface area contributed by atoms with Gasteiger partial charge in [0.2, 0.25) is 5.91 Å². The molecule has 0 unspecified atom stereocenters. The summed E-state index contributed by atoms with van der Waals surface area (Å²) in [4.78, 5) is 52.4. The van der Waals surface area contributed by atoms with Gasteiger partial charge in [0.05, 0.1) is 21.8 Å². The molecule has 3 heterocycles. The van der Waals surface area contributed by atoms with Crippen LogP contribution in [0.2, 0.25) is 0 Å². The van der Waals surface area contributed by atoms with E-state index in [4.69, 9.17) is 0 Å². The first-order valence-electron chi connectivity index (χ1n) is 14.3. The Bertz CT molecular complexity index is 2310. The SMILES string of the molecule is Cc1ccc(S(=O)(=O)n2c(C(=O)O)cc3c([C@@H]4C[C@@]45C(=O)N(Cc4ccc([N+](=O)[O-])cc4)c4ccccc45)cn(C)c(=O)c32)cc1. The minimum absolute atomic E-state index is 0.0635. The van der Waals surface area contributed by atoms with Gasteiger partial charge in [0.15, 0.2) is 0 Å². The van der Waals surface area contributed by atoms with E-state index in [2.05, 4.69) is 0 Å². The van der Waals surface area contributed by atoms with E-state index in [-0.39, 0.29) is 33.9 Å². The molecule has 2 atom stereocenters. The average Bonchev–Trinajstić information content (AvgIpc) is 3.57. The number of para-hydroxylation sites is 1. The maximum Gasteiger partial charge on any atom is 0.353 e. The number of hydrogen-bond donors (Lipinski definition) is 1. The molecule has 2 aliphatic rings. The minimum atomic E-state index is -4.51. The van der Waals surface area contributed by atoms with E-state index in [1.54, 1.807) is 42.3 Å². The van der Waals surface area contributed by atoms with Gasteiger partial charge in [-0.1, -0.05) is 48.0 Å². The van der Waals surface area contributed by atoms with Crippen LogP contribution in [0.15, 0.2) is 94.7 Å². The van der Waals surface area contributed by atoms with Gasteiger partial charge in [0.25, 0.3) is 21.3 Å². The predicted molar refractivity (Wildman–Crippen MR) is 168 cm³/mol. The number of carboxylic acids is 1. The van der Waals surface area contributed by atoms with Crippen molar-refractivity contribution in [2.45, 2.75) is 36.1 Å². The van der Waals surface area contributed by atoms with Gasteiger partial charge in [-0.25, -0.2) is 17.2 Å². The normalized spacial score (nSPS) is 18.7. The number of carbonyl (C=O) groups is 2. The Morgan fingerprint density at radius 1 is 1.04 bits per heavy atom. The third-order valence-corrected chi connectivity index (χ3v) is 10.8. The first-order valence-corrected chi connectivity index (χ1v) is 15.8. The average molecular weight is 639 g/mol. The molecule has 1 N–H and O–H groups in total. The van der Waals surface area contributed by atoms with Gasteiger partial charge in [-0.3, -0.25) is 19.7 Å². The van der Waals surface area contributed by atoms with Crippen LogP contribution in [0, 0.1) is 17.0 Å². The monoisotopic (exact) mass is 638 g/mol. The molecular formula is C33H26N4O8S. The molecule has 1 fully saturated rings. The number of amides is 1. The maximum atomic E-state index is 14.3. The van der Waals surface area contributed by atoms with E-state index in [9.17, 15) is 38.0 Å². The van der Waals surface area contributed by atoms with Gasteiger partial charge in [-0.15, -0.1) is 0 Å². The van der Waals surface area contributed by atoms with Crippen LogP contribution in [0.25, 0.3) is 10.9 Å². The van der Waals surface area contributed by atoms with Gasteiger partial charge in [0, 0.05) is 42.4 Å². The lowest BCUT2D eigenvalue weighted by molar-refractivity contribution is -0.384.